The summed E-state index contributed by atoms with van der Waals surface area (Å²) in [4.78, 5) is 61.9. The summed E-state index contributed by atoms with van der Waals surface area (Å²) in [6.07, 6.45) is 2.50. The third-order valence-corrected chi connectivity index (χ3v) is 5.41. The highest BCUT2D eigenvalue weighted by molar-refractivity contribution is 7.17. The smallest absolute Gasteiger partial charge is 0.341 e. The van der Waals surface area contributed by atoms with E-state index in [0.29, 0.717) is 20.4 Å². The van der Waals surface area contributed by atoms with Crippen molar-refractivity contribution in [3.05, 3.63) is 16.0 Å². The first-order valence-corrected chi connectivity index (χ1v) is 8.91. The van der Waals surface area contributed by atoms with Crippen molar-refractivity contribution in [1.29, 1.82) is 0 Å². The number of aryl methyl sites for hydroxylation is 1. The van der Waals surface area contributed by atoms with Gasteiger partial charge in [-0.2, -0.15) is 0 Å². The van der Waals surface area contributed by atoms with Gasteiger partial charge in [-0.3, -0.25) is 19.3 Å². The molecule has 1 fully saturated rings. The molecule has 1 saturated heterocycles. The number of nitrogens with zero attached hydrogens (tertiary/aromatic N) is 2. The molecule has 26 heavy (non-hydrogen) atoms. The molecule has 0 spiro atoms. The fraction of sp³-hybridized carbons (Fsp3) is 0.438. The monoisotopic (exact) mass is 379 g/mol. The lowest BCUT2D eigenvalue weighted by atomic mass is 10.1. The summed E-state index contributed by atoms with van der Waals surface area (Å²) < 4.78 is 5.08. The number of esters is 1. The summed E-state index contributed by atoms with van der Waals surface area (Å²) in [5.41, 5.74) is 1.22. The van der Waals surface area contributed by atoms with Crippen LogP contribution in [-0.2, 0) is 32.0 Å². The van der Waals surface area contributed by atoms with Gasteiger partial charge in [0, 0.05) is 11.9 Å². The van der Waals surface area contributed by atoms with Gasteiger partial charge in [-0.25, -0.2) is 14.5 Å². The Hall–Kier alpha value is -2.75. The first-order valence-electron chi connectivity index (χ1n) is 8.10. The number of imide groups is 2. The molecule has 0 radical (unpaired) electrons. The molecule has 0 unspecified atom stereocenters. The van der Waals surface area contributed by atoms with Gasteiger partial charge < -0.3 is 10.1 Å². The van der Waals surface area contributed by atoms with E-state index in [2.05, 4.69) is 5.32 Å². The molecule has 3 rings (SSSR count). The van der Waals surface area contributed by atoms with E-state index in [9.17, 15) is 24.0 Å². The van der Waals surface area contributed by atoms with E-state index >= 15 is 0 Å². The largest absolute Gasteiger partial charge is 0.462 e. The van der Waals surface area contributed by atoms with Crippen molar-refractivity contribution in [2.45, 2.75) is 26.2 Å². The zero-order chi connectivity index (χ0) is 19.0. The van der Waals surface area contributed by atoms with Gasteiger partial charge in [0.05, 0.1) is 12.2 Å². The van der Waals surface area contributed by atoms with Crippen LogP contribution in [0.25, 0.3) is 0 Å². The predicted molar refractivity (Wildman–Crippen MR) is 90.8 cm³/mol. The first-order chi connectivity index (χ1) is 12.3. The molecule has 5 amide bonds. The average Bonchev–Trinajstić information content (AvgIpc) is 3.21. The Morgan fingerprint density at radius 2 is 1.92 bits per heavy atom. The van der Waals surface area contributed by atoms with Crippen LogP contribution in [0.2, 0.25) is 0 Å². The molecule has 1 aromatic rings. The lowest BCUT2D eigenvalue weighted by Gasteiger charge is -2.13. The summed E-state index contributed by atoms with van der Waals surface area (Å²) in [7, 11) is 1.17. The normalized spacial score (nSPS) is 16.3. The minimum atomic E-state index is -1.05. The number of hydrogen-bond acceptors (Lipinski definition) is 7. The Bertz CT molecular complexity index is 830. The number of carbonyl (C=O) groups excluding carboxylic acids is 5. The molecule has 1 aliphatic carbocycles. The van der Waals surface area contributed by atoms with E-state index in [1.807, 2.05) is 0 Å². The molecular formula is C16H17N3O6S. The third-order valence-electron chi connectivity index (χ3n) is 4.21. The molecule has 1 aromatic heterocycles. The van der Waals surface area contributed by atoms with Gasteiger partial charge in [-0.1, -0.05) is 0 Å². The van der Waals surface area contributed by atoms with Crippen LogP contribution in [0.1, 0.15) is 34.1 Å². The number of rotatable bonds is 5. The lowest BCUT2D eigenvalue weighted by molar-refractivity contribution is -0.143. The fourth-order valence-electron chi connectivity index (χ4n) is 2.97. The van der Waals surface area contributed by atoms with Crippen molar-refractivity contribution in [2.75, 3.05) is 25.5 Å². The standard InChI is InChI=1S/C16H17N3O6S/c1-3-25-15(23)11-8-5-4-6-9(8)26-12(11)17-10(20)7-19-14(22)13(21)18(2)16(19)24/h3-7H2,1-2H3,(H,17,20). The highest BCUT2D eigenvalue weighted by Crippen LogP contribution is 2.39. The molecule has 9 nitrogen and oxygen atoms in total. The molecule has 2 aliphatic rings. The molecule has 0 aromatic carbocycles. The van der Waals surface area contributed by atoms with Crippen LogP contribution in [0, 0.1) is 0 Å². The first kappa shape index (κ1) is 18.1. The second kappa shape index (κ2) is 6.87. The van der Waals surface area contributed by atoms with Gasteiger partial charge in [-0.05, 0) is 31.7 Å². The van der Waals surface area contributed by atoms with E-state index < -0.39 is 36.3 Å². The maximum atomic E-state index is 12.3. The number of anilines is 1. The molecular weight excluding hydrogens is 362 g/mol. The number of likely N-dealkylation sites (N-methyl/N-ethyl adjacent to an activating group) is 1. The average molecular weight is 379 g/mol. The minimum Gasteiger partial charge on any atom is -0.462 e. The maximum absolute atomic E-state index is 12.3. The van der Waals surface area contributed by atoms with Crippen LogP contribution in [0.5, 0.6) is 0 Å². The third kappa shape index (κ3) is 2.96. The number of hydrogen-bond donors (Lipinski definition) is 1. The van der Waals surface area contributed by atoms with Crippen molar-refractivity contribution >= 4 is 46.1 Å². The Labute approximate surface area is 152 Å². The predicted octanol–water partition coefficient (Wildman–Crippen LogP) is 0.773. The van der Waals surface area contributed by atoms with Crippen LogP contribution in [0.15, 0.2) is 0 Å². The van der Waals surface area contributed by atoms with Gasteiger partial charge in [0.2, 0.25) is 5.91 Å². The van der Waals surface area contributed by atoms with Gasteiger partial charge in [-0.15, -0.1) is 11.3 Å². The Morgan fingerprint density at radius 1 is 1.19 bits per heavy atom. The molecule has 2 heterocycles. The summed E-state index contributed by atoms with van der Waals surface area (Å²) >= 11 is 1.29. The second-order valence-electron chi connectivity index (χ2n) is 5.87. The summed E-state index contributed by atoms with van der Waals surface area (Å²) in [5.74, 6) is -3.21. The second-order valence-corrected chi connectivity index (χ2v) is 6.97. The number of fused-ring (bicyclic) bond motifs is 1. The van der Waals surface area contributed by atoms with Crippen molar-refractivity contribution in [3.63, 3.8) is 0 Å². The number of nitrogens with one attached hydrogen (secondary N) is 1. The van der Waals surface area contributed by atoms with Crippen LogP contribution in [0.4, 0.5) is 9.80 Å². The summed E-state index contributed by atoms with van der Waals surface area (Å²) in [5, 5.41) is 2.92. The van der Waals surface area contributed by atoms with E-state index in [4.69, 9.17) is 4.74 Å². The van der Waals surface area contributed by atoms with E-state index in [-0.39, 0.29) is 6.61 Å². The van der Waals surface area contributed by atoms with Crippen LogP contribution >= 0.6 is 11.3 Å². The van der Waals surface area contributed by atoms with Crippen molar-refractivity contribution in [1.82, 2.24) is 9.80 Å². The van der Waals surface area contributed by atoms with E-state index in [0.717, 1.165) is 29.7 Å². The molecule has 1 N–H and O–H groups in total. The SMILES string of the molecule is CCOC(=O)c1c(NC(=O)CN2C(=O)C(=O)N(C)C2=O)sc2c1CCC2. The summed E-state index contributed by atoms with van der Waals surface area (Å²) in [6.45, 7) is 1.31. The number of urea groups is 1. The number of amides is 5. The molecule has 0 saturated carbocycles. The topological polar surface area (TPSA) is 113 Å². The van der Waals surface area contributed by atoms with Crippen molar-refractivity contribution < 1.29 is 28.7 Å². The highest BCUT2D eigenvalue weighted by atomic mass is 32.1. The zero-order valence-corrected chi connectivity index (χ0v) is 15.1. The quantitative estimate of drug-likeness (QED) is 0.459. The Balaban J connectivity index is 1.78. The molecule has 0 atom stereocenters. The highest BCUT2D eigenvalue weighted by Gasteiger charge is 2.43. The summed E-state index contributed by atoms with van der Waals surface area (Å²) in [6, 6.07) is -0.852. The van der Waals surface area contributed by atoms with Crippen LogP contribution in [-0.4, -0.2) is 59.7 Å². The fourth-order valence-corrected chi connectivity index (χ4v) is 4.27. The molecule has 0 bridgehead atoms. The van der Waals surface area contributed by atoms with E-state index in [1.165, 1.54) is 18.4 Å². The lowest BCUT2D eigenvalue weighted by Crippen LogP contribution is -2.38. The van der Waals surface area contributed by atoms with Crippen LogP contribution in [0.3, 0.4) is 0 Å². The number of ether oxygens (including phenoxy) is 1. The molecule has 138 valence electrons. The minimum absolute atomic E-state index is 0.210. The van der Waals surface area contributed by atoms with Gasteiger partial charge in [0.15, 0.2) is 0 Å². The van der Waals surface area contributed by atoms with Gasteiger partial charge in [0.25, 0.3) is 0 Å². The van der Waals surface area contributed by atoms with Gasteiger partial charge in [0.1, 0.15) is 11.5 Å². The Kier molecular flexibility index (Phi) is 4.77. The van der Waals surface area contributed by atoms with Crippen LogP contribution < -0.4 is 5.32 Å². The number of carbonyl (C=O) groups is 5. The van der Waals surface area contributed by atoms with Crippen molar-refractivity contribution in [3.8, 4) is 0 Å². The number of thiophene rings is 1. The Morgan fingerprint density at radius 3 is 2.54 bits per heavy atom. The molecule has 10 heteroatoms. The van der Waals surface area contributed by atoms with Gasteiger partial charge >= 0.3 is 23.8 Å². The molecule has 1 aliphatic heterocycles. The van der Waals surface area contributed by atoms with E-state index in [1.54, 1.807) is 6.92 Å². The zero-order valence-electron chi connectivity index (χ0n) is 14.3. The van der Waals surface area contributed by atoms with Crippen molar-refractivity contribution in [2.24, 2.45) is 0 Å². The maximum Gasteiger partial charge on any atom is 0.341 e.